The lowest BCUT2D eigenvalue weighted by atomic mass is 10.2. The van der Waals surface area contributed by atoms with Crippen molar-refractivity contribution in [3.63, 3.8) is 0 Å². The van der Waals surface area contributed by atoms with Crippen LogP contribution < -0.4 is 15.4 Å². The zero-order valence-electron chi connectivity index (χ0n) is 12.2. The summed E-state index contributed by atoms with van der Waals surface area (Å²) in [7, 11) is 0. The van der Waals surface area contributed by atoms with E-state index in [1.807, 2.05) is 0 Å². The zero-order chi connectivity index (χ0) is 15.2. The summed E-state index contributed by atoms with van der Waals surface area (Å²) < 4.78 is 5.58. The molecule has 2 heterocycles. The molecule has 1 aliphatic heterocycles. The number of amides is 1. The summed E-state index contributed by atoms with van der Waals surface area (Å²) in [5, 5.41) is 6.30. The van der Waals surface area contributed by atoms with E-state index in [1.165, 1.54) is 12.6 Å². The van der Waals surface area contributed by atoms with Crippen molar-refractivity contribution in [2.24, 2.45) is 0 Å². The second-order valence-corrected chi connectivity index (χ2v) is 5.18. The van der Waals surface area contributed by atoms with Gasteiger partial charge in [-0.2, -0.15) is 0 Å². The molecule has 0 saturated carbocycles. The highest BCUT2D eigenvalue weighted by atomic mass is 16.5. The van der Waals surface area contributed by atoms with Gasteiger partial charge in [0.1, 0.15) is 5.75 Å². The van der Waals surface area contributed by atoms with Crippen LogP contribution in [0.25, 0.3) is 0 Å². The van der Waals surface area contributed by atoms with Gasteiger partial charge in [-0.3, -0.25) is 9.78 Å². The van der Waals surface area contributed by atoms with E-state index in [0.717, 1.165) is 13.0 Å². The highest BCUT2D eigenvalue weighted by Gasteiger charge is 2.15. The summed E-state index contributed by atoms with van der Waals surface area (Å²) in [6.07, 6.45) is 6.94. The van der Waals surface area contributed by atoms with Crippen LogP contribution in [-0.4, -0.2) is 35.0 Å². The van der Waals surface area contributed by atoms with Crippen LogP contribution in [0, 0.1) is 0 Å². The van der Waals surface area contributed by atoms with E-state index in [-0.39, 0.29) is 5.91 Å². The summed E-state index contributed by atoms with van der Waals surface area (Å²) >= 11 is 0. The molecule has 3 rings (SSSR count). The average Bonchev–Trinajstić information content (AvgIpc) is 3.07. The minimum absolute atomic E-state index is 0.0988. The van der Waals surface area contributed by atoms with Gasteiger partial charge in [0.2, 0.25) is 5.88 Å². The lowest BCUT2D eigenvalue weighted by Crippen LogP contribution is -2.37. The van der Waals surface area contributed by atoms with E-state index in [0.29, 0.717) is 29.8 Å². The Labute approximate surface area is 128 Å². The Morgan fingerprint density at radius 1 is 1.41 bits per heavy atom. The van der Waals surface area contributed by atoms with Gasteiger partial charge in [-0.05, 0) is 37.6 Å². The fraction of sp³-hybridized carbons (Fsp3) is 0.312. The molecule has 1 aliphatic rings. The maximum atomic E-state index is 12.2. The quantitative estimate of drug-likeness (QED) is 0.879. The fourth-order valence-corrected chi connectivity index (χ4v) is 2.41. The van der Waals surface area contributed by atoms with Crippen LogP contribution >= 0.6 is 0 Å². The molecule has 1 aromatic heterocycles. The van der Waals surface area contributed by atoms with Crippen LogP contribution in [0.1, 0.15) is 23.2 Å². The van der Waals surface area contributed by atoms with E-state index in [4.69, 9.17) is 4.74 Å². The average molecular weight is 298 g/mol. The van der Waals surface area contributed by atoms with Gasteiger partial charge < -0.3 is 15.4 Å². The van der Waals surface area contributed by atoms with Crippen molar-refractivity contribution in [1.29, 1.82) is 0 Å². The van der Waals surface area contributed by atoms with Gasteiger partial charge in [-0.25, -0.2) is 4.98 Å². The number of carbonyl (C=O) groups is 1. The Hall–Kier alpha value is -2.47. The molecule has 1 atom stereocenters. The van der Waals surface area contributed by atoms with Crippen LogP contribution in [0.2, 0.25) is 0 Å². The van der Waals surface area contributed by atoms with Crippen LogP contribution in [-0.2, 0) is 0 Å². The minimum Gasteiger partial charge on any atom is -0.437 e. The molecule has 1 unspecified atom stereocenters. The van der Waals surface area contributed by atoms with Crippen LogP contribution in [0.15, 0.2) is 42.9 Å². The predicted octanol–water partition coefficient (Wildman–Crippen LogP) is 1.75. The molecule has 1 amide bonds. The van der Waals surface area contributed by atoms with Crippen molar-refractivity contribution in [1.82, 2.24) is 20.6 Å². The lowest BCUT2D eigenvalue weighted by molar-refractivity contribution is 0.0950. The number of hydrogen-bond acceptors (Lipinski definition) is 5. The number of carbonyl (C=O) groups excluding carboxylic acids is 1. The molecular weight excluding hydrogens is 280 g/mol. The molecule has 1 saturated heterocycles. The topological polar surface area (TPSA) is 76.1 Å². The summed E-state index contributed by atoms with van der Waals surface area (Å²) in [4.78, 5) is 20.2. The lowest BCUT2D eigenvalue weighted by Gasteiger charge is -2.12. The minimum atomic E-state index is -0.0988. The highest BCUT2D eigenvalue weighted by molar-refractivity contribution is 5.94. The van der Waals surface area contributed by atoms with Crippen molar-refractivity contribution >= 4 is 5.91 Å². The maximum absolute atomic E-state index is 12.2. The molecule has 2 N–H and O–H groups in total. The Bertz CT molecular complexity index is 627. The largest absolute Gasteiger partial charge is 0.437 e. The highest BCUT2D eigenvalue weighted by Crippen LogP contribution is 2.19. The Morgan fingerprint density at radius 2 is 2.36 bits per heavy atom. The standard InChI is InChI=1S/C16H18N4O2/c21-16(20-10-13-4-2-6-18-13)12-3-1-5-14(9-12)22-15-11-17-7-8-19-15/h1,3,5,7-9,11,13,18H,2,4,6,10H2,(H,20,21). The van der Waals surface area contributed by atoms with E-state index in [2.05, 4.69) is 20.6 Å². The monoisotopic (exact) mass is 298 g/mol. The first-order valence-electron chi connectivity index (χ1n) is 7.37. The molecule has 2 aromatic rings. The predicted molar refractivity (Wildman–Crippen MR) is 81.9 cm³/mol. The molecule has 22 heavy (non-hydrogen) atoms. The number of hydrogen-bond donors (Lipinski definition) is 2. The number of nitrogens with zero attached hydrogens (tertiary/aromatic N) is 2. The second kappa shape index (κ2) is 7.00. The third kappa shape index (κ3) is 3.79. The van der Waals surface area contributed by atoms with Crippen molar-refractivity contribution < 1.29 is 9.53 Å². The van der Waals surface area contributed by atoms with Crippen LogP contribution in [0.3, 0.4) is 0 Å². The number of nitrogens with one attached hydrogen (secondary N) is 2. The van der Waals surface area contributed by atoms with Crippen molar-refractivity contribution in [2.75, 3.05) is 13.1 Å². The fourth-order valence-electron chi connectivity index (χ4n) is 2.41. The zero-order valence-corrected chi connectivity index (χ0v) is 12.2. The van der Waals surface area contributed by atoms with Crippen LogP contribution in [0.5, 0.6) is 11.6 Å². The summed E-state index contributed by atoms with van der Waals surface area (Å²) in [5.41, 5.74) is 0.569. The van der Waals surface area contributed by atoms with Crippen molar-refractivity contribution in [2.45, 2.75) is 18.9 Å². The summed E-state index contributed by atoms with van der Waals surface area (Å²) in [6, 6.07) is 7.41. The molecule has 1 fully saturated rings. The smallest absolute Gasteiger partial charge is 0.251 e. The van der Waals surface area contributed by atoms with E-state index in [1.54, 1.807) is 36.7 Å². The number of ether oxygens (including phenoxy) is 1. The Balaban J connectivity index is 1.61. The third-order valence-electron chi connectivity index (χ3n) is 3.53. The molecule has 0 radical (unpaired) electrons. The SMILES string of the molecule is O=C(NCC1CCCN1)c1cccc(Oc2cnccn2)c1. The first-order chi connectivity index (χ1) is 10.8. The van der Waals surface area contributed by atoms with Gasteiger partial charge >= 0.3 is 0 Å². The molecule has 0 bridgehead atoms. The van der Waals surface area contributed by atoms with Crippen LogP contribution in [0.4, 0.5) is 0 Å². The normalized spacial score (nSPS) is 17.2. The number of aromatic nitrogens is 2. The number of benzene rings is 1. The van der Waals surface area contributed by atoms with E-state index >= 15 is 0 Å². The van der Waals surface area contributed by atoms with Gasteiger partial charge in [0.15, 0.2) is 0 Å². The van der Waals surface area contributed by atoms with E-state index in [9.17, 15) is 4.79 Å². The molecule has 6 heteroatoms. The molecule has 0 aliphatic carbocycles. The Kier molecular flexibility index (Phi) is 4.60. The van der Waals surface area contributed by atoms with Gasteiger partial charge in [0, 0.05) is 30.5 Å². The molecule has 6 nitrogen and oxygen atoms in total. The van der Waals surface area contributed by atoms with Gasteiger partial charge in [0.25, 0.3) is 5.91 Å². The summed E-state index contributed by atoms with van der Waals surface area (Å²) in [6.45, 7) is 1.68. The Morgan fingerprint density at radius 3 is 3.14 bits per heavy atom. The molecule has 114 valence electrons. The molecule has 1 aromatic carbocycles. The van der Waals surface area contributed by atoms with Gasteiger partial charge in [-0.1, -0.05) is 6.07 Å². The molecule has 0 spiro atoms. The first kappa shape index (κ1) is 14.5. The van der Waals surface area contributed by atoms with Gasteiger partial charge in [-0.15, -0.1) is 0 Å². The maximum Gasteiger partial charge on any atom is 0.251 e. The summed E-state index contributed by atoms with van der Waals surface area (Å²) in [5.74, 6) is 0.862. The van der Waals surface area contributed by atoms with Gasteiger partial charge in [0.05, 0.1) is 6.20 Å². The third-order valence-corrected chi connectivity index (χ3v) is 3.53. The first-order valence-corrected chi connectivity index (χ1v) is 7.37. The second-order valence-electron chi connectivity index (χ2n) is 5.18. The van der Waals surface area contributed by atoms with Crippen molar-refractivity contribution in [3.8, 4) is 11.6 Å². The molecular formula is C16H18N4O2. The van der Waals surface area contributed by atoms with Crippen molar-refractivity contribution in [3.05, 3.63) is 48.4 Å². The van der Waals surface area contributed by atoms with E-state index < -0.39 is 0 Å². The number of rotatable bonds is 5.